The molecular formula is C20H27N5O4. The second-order valence-corrected chi connectivity index (χ2v) is 7.08. The molecule has 1 aromatic carbocycles. The fourth-order valence-corrected chi connectivity index (χ4v) is 3.47. The van der Waals surface area contributed by atoms with Gasteiger partial charge in [-0.2, -0.15) is 0 Å². The predicted octanol–water partition coefficient (Wildman–Crippen LogP) is 3.09. The van der Waals surface area contributed by atoms with E-state index >= 15 is 0 Å². The van der Waals surface area contributed by atoms with Crippen molar-refractivity contribution in [2.75, 3.05) is 24.9 Å². The van der Waals surface area contributed by atoms with Gasteiger partial charge in [-0.15, -0.1) is 0 Å². The number of nitrogens with zero attached hydrogens (tertiary/aromatic N) is 1. The molecule has 1 aliphatic heterocycles. The molecular weight excluding hydrogens is 374 g/mol. The largest absolute Gasteiger partial charge is 0.467 e. The first-order valence-corrected chi connectivity index (χ1v) is 9.58. The van der Waals surface area contributed by atoms with E-state index in [4.69, 9.17) is 15.5 Å². The quantitative estimate of drug-likeness (QED) is 0.569. The second kappa shape index (κ2) is 8.95. The third-order valence-electron chi connectivity index (χ3n) is 5.03. The number of ether oxygens (including phenoxy) is 2. The fraction of sp³-hybridized carbons (Fsp3) is 0.450. The summed E-state index contributed by atoms with van der Waals surface area (Å²) < 4.78 is 9.64. The molecule has 0 unspecified atom stereocenters. The van der Waals surface area contributed by atoms with Crippen molar-refractivity contribution in [1.82, 2.24) is 9.97 Å². The zero-order chi connectivity index (χ0) is 21.0. The maximum atomic E-state index is 12.3. The average molecular weight is 401 g/mol. The number of benzene rings is 1. The van der Waals surface area contributed by atoms with Gasteiger partial charge in [-0.1, -0.05) is 12.8 Å². The maximum absolute atomic E-state index is 12.3. The molecule has 5 N–H and O–H groups in total. The third-order valence-corrected chi connectivity index (χ3v) is 5.03. The molecule has 29 heavy (non-hydrogen) atoms. The number of fused-ring (bicyclic) bond motifs is 4. The number of carbonyl (C=O) groups excluding carboxylic acids is 2. The van der Waals surface area contributed by atoms with Crippen LogP contribution < -0.4 is 16.4 Å². The highest BCUT2D eigenvalue weighted by molar-refractivity contribution is 5.89. The molecule has 0 aliphatic carbocycles. The third kappa shape index (κ3) is 4.68. The van der Waals surface area contributed by atoms with Crippen molar-refractivity contribution >= 4 is 23.4 Å². The lowest BCUT2D eigenvalue weighted by Gasteiger charge is -2.21. The monoisotopic (exact) mass is 401 g/mol. The highest BCUT2D eigenvalue weighted by Gasteiger charge is 2.24. The number of esters is 1. The number of aryl methyl sites for hydroxylation is 1. The van der Waals surface area contributed by atoms with Crippen molar-refractivity contribution in [2.24, 2.45) is 5.73 Å². The average Bonchev–Trinajstić information content (AvgIpc) is 3.10. The molecule has 0 saturated heterocycles. The minimum Gasteiger partial charge on any atom is -0.467 e. The molecule has 2 atom stereocenters. The zero-order valence-corrected chi connectivity index (χ0v) is 16.9. The van der Waals surface area contributed by atoms with Gasteiger partial charge in [0, 0.05) is 22.6 Å². The normalized spacial score (nSPS) is 19.0. The Bertz CT molecular complexity index is 895. The summed E-state index contributed by atoms with van der Waals surface area (Å²) in [5, 5.41) is 5.93. The smallest absolute Gasteiger partial charge is 0.411 e. The Hall–Kier alpha value is -3.07. The van der Waals surface area contributed by atoms with Crippen molar-refractivity contribution in [3.8, 4) is 11.3 Å². The Morgan fingerprint density at radius 3 is 2.69 bits per heavy atom. The first-order chi connectivity index (χ1) is 13.9. The van der Waals surface area contributed by atoms with E-state index in [2.05, 4.69) is 20.4 Å². The van der Waals surface area contributed by atoms with Crippen molar-refractivity contribution in [1.29, 1.82) is 0 Å². The Balaban J connectivity index is 2.09. The molecule has 1 aromatic heterocycles. The molecule has 1 aliphatic rings. The Labute approximate surface area is 169 Å². The van der Waals surface area contributed by atoms with Crippen LogP contribution in [0.4, 0.5) is 16.2 Å². The lowest BCUT2D eigenvalue weighted by molar-refractivity contribution is -0.141. The fourth-order valence-electron chi connectivity index (χ4n) is 3.47. The van der Waals surface area contributed by atoms with Crippen LogP contribution >= 0.6 is 0 Å². The molecule has 0 fully saturated rings. The van der Waals surface area contributed by atoms with Gasteiger partial charge >= 0.3 is 12.1 Å². The molecule has 9 heteroatoms. The van der Waals surface area contributed by atoms with Crippen molar-refractivity contribution in [2.45, 2.75) is 44.7 Å². The summed E-state index contributed by atoms with van der Waals surface area (Å²) >= 11 is 0. The standard InChI is InChI=1S/C20H27N5O4/c1-11-17-13-9-8-12(23-20(27)29-3)10-16(13)24-15(19(26)28-2)7-5-4-6-14(21)18(22-11)25-17/h8-10,14-15,24H,4-7,21H2,1-3H3,(H,22,25)(H,23,27)/t14-,15+/m0/s1. The van der Waals surface area contributed by atoms with Gasteiger partial charge in [0.25, 0.3) is 0 Å². The van der Waals surface area contributed by atoms with Crippen molar-refractivity contribution < 1.29 is 19.1 Å². The van der Waals surface area contributed by atoms with Gasteiger partial charge in [0.2, 0.25) is 0 Å². The number of H-pyrrole nitrogens is 1. The van der Waals surface area contributed by atoms with E-state index in [9.17, 15) is 9.59 Å². The Morgan fingerprint density at radius 1 is 1.21 bits per heavy atom. The van der Waals surface area contributed by atoms with Gasteiger partial charge in [0.15, 0.2) is 0 Å². The highest BCUT2D eigenvalue weighted by Crippen LogP contribution is 2.34. The minimum absolute atomic E-state index is 0.199. The summed E-state index contributed by atoms with van der Waals surface area (Å²) in [5.41, 5.74) is 9.91. The van der Waals surface area contributed by atoms with Crippen molar-refractivity contribution in [3.05, 3.63) is 29.7 Å². The van der Waals surface area contributed by atoms with Gasteiger partial charge in [-0.3, -0.25) is 5.32 Å². The Kier molecular flexibility index (Phi) is 6.38. The van der Waals surface area contributed by atoms with Crippen LogP contribution in [0.25, 0.3) is 11.3 Å². The SMILES string of the molecule is COC(=O)Nc1ccc2c(c1)N[C@@H](C(=O)OC)CCCC[C@H](N)c1nc-2c(C)[nH]1. The number of hydrogen-bond donors (Lipinski definition) is 4. The summed E-state index contributed by atoms with van der Waals surface area (Å²) in [4.78, 5) is 31.9. The first kappa shape index (κ1) is 20.7. The zero-order valence-electron chi connectivity index (χ0n) is 16.9. The number of anilines is 2. The second-order valence-electron chi connectivity index (χ2n) is 7.08. The summed E-state index contributed by atoms with van der Waals surface area (Å²) in [6.45, 7) is 1.93. The number of nitrogens with two attached hydrogens (primary N) is 1. The number of methoxy groups -OCH3 is 2. The molecule has 1 amide bonds. The van der Waals surface area contributed by atoms with E-state index in [0.29, 0.717) is 17.8 Å². The number of nitrogens with one attached hydrogen (secondary N) is 3. The van der Waals surface area contributed by atoms with E-state index < -0.39 is 12.1 Å². The van der Waals surface area contributed by atoms with Crippen LogP contribution in [0.5, 0.6) is 0 Å². The molecule has 2 heterocycles. The summed E-state index contributed by atoms with van der Waals surface area (Å²) in [7, 11) is 2.67. The molecule has 156 valence electrons. The van der Waals surface area contributed by atoms with Gasteiger partial charge in [0.05, 0.1) is 26.0 Å². The number of carbonyl (C=O) groups is 2. The maximum Gasteiger partial charge on any atom is 0.411 e. The predicted molar refractivity (Wildman–Crippen MR) is 110 cm³/mol. The number of aromatic amines is 1. The molecule has 2 bridgehead atoms. The van der Waals surface area contributed by atoms with Crippen LogP contribution in [0.1, 0.15) is 43.2 Å². The van der Waals surface area contributed by atoms with Gasteiger partial charge < -0.3 is 25.5 Å². The van der Waals surface area contributed by atoms with Crippen LogP contribution in [0, 0.1) is 6.92 Å². The van der Waals surface area contributed by atoms with Crippen LogP contribution in [-0.2, 0) is 14.3 Å². The van der Waals surface area contributed by atoms with Crippen LogP contribution in [0.2, 0.25) is 0 Å². The van der Waals surface area contributed by atoms with Gasteiger partial charge in [-0.25, -0.2) is 14.6 Å². The molecule has 3 rings (SSSR count). The number of amides is 1. The number of aromatic nitrogens is 2. The molecule has 2 aromatic rings. The summed E-state index contributed by atoms with van der Waals surface area (Å²) in [5.74, 6) is 0.397. The first-order valence-electron chi connectivity index (χ1n) is 9.58. The van der Waals surface area contributed by atoms with Crippen LogP contribution in [0.15, 0.2) is 18.2 Å². The number of imidazole rings is 1. The van der Waals surface area contributed by atoms with Crippen LogP contribution in [0.3, 0.4) is 0 Å². The van der Waals surface area contributed by atoms with Gasteiger partial charge in [0.1, 0.15) is 11.9 Å². The molecule has 0 spiro atoms. The van der Waals surface area contributed by atoms with E-state index in [1.807, 2.05) is 13.0 Å². The van der Waals surface area contributed by atoms with E-state index in [1.54, 1.807) is 12.1 Å². The van der Waals surface area contributed by atoms with Gasteiger partial charge in [-0.05, 0) is 38.0 Å². The lowest BCUT2D eigenvalue weighted by Crippen LogP contribution is -2.31. The van der Waals surface area contributed by atoms with E-state index in [0.717, 1.165) is 42.0 Å². The minimum atomic E-state index is -0.577. The Morgan fingerprint density at radius 2 is 1.97 bits per heavy atom. The summed E-state index contributed by atoms with van der Waals surface area (Å²) in [6, 6.07) is 4.62. The van der Waals surface area contributed by atoms with Crippen molar-refractivity contribution in [3.63, 3.8) is 0 Å². The number of rotatable bonds is 2. The topological polar surface area (TPSA) is 131 Å². The summed E-state index contributed by atoms with van der Waals surface area (Å²) in [6.07, 6.45) is 2.47. The number of hydrogen-bond acceptors (Lipinski definition) is 7. The van der Waals surface area contributed by atoms with E-state index in [-0.39, 0.29) is 12.0 Å². The highest BCUT2D eigenvalue weighted by atomic mass is 16.5. The molecule has 0 saturated carbocycles. The molecule has 9 nitrogen and oxygen atoms in total. The lowest BCUT2D eigenvalue weighted by atomic mass is 10.0. The van der Waals surface area contributed by atoms with Crippen LogP contribution in [-0.4, -0.2) is 42.3 Å². The molecule has 0 radical (unpaired) electrons. The van der Waals surface area contributed by atoms with E-state index in [1.165, 1.54) is 14.2 Å².